The van der Waals surface area contributed by atoms with Gasteiger partial charge in [-0.1, -0.05) is 39.7 Å². The van der Waals surface area contributed by atoms with E-state index in [2.05, 4.69) is 34.1 Å². The molecule has 0 amide bonds. The van der Waals surface area contributed by atoms with Gasteiger partial charge < -0.3 is 15.2 Å². The van der Waals surface area contributed by atoms with Crippen LogP contribution in [0.2, 0.25) is 5.02 Å². The maximum atomic E-state index is 10.2. The molecule has 2 atom stereocenters. The Bertz CT molecular complexity index is 1350. The summed E-state index contributed by atoms with van der Waals surface area (Å²) in [4.78, 5) is 0. The third-order valence-electron chi connectivity index (χ3n) is 6.74. The van der Waals surface area contributed by atoms with Gasteiger partial charge in [0.25, 0.3) is 0 Å². The Labute approximate surface area is 217 Å². The minimum absolute atomic E-state index is 0.0228. The highest BCUT2D eigenvalue weighted by molar-refractivity contribution is 9.10. The van der Waals surface area contributed by atoms with Gasteiger partial charge in [0.05, 0.1) is 35.5 Å². The molecule has 0 spiro atoms. The number of hydrogen-bond acceptors (Lipinski definition) is 6. The van der Waals surface area contributed by atoms with Crippen LogP contribution >= 0.6 is 27.5 Å². The van der Waals surface area contributed by atoms with E-state index in [4.69, 9.17) is 26.8 Å². The molecule has 0 unspecified atom stereocenters. The van der Waals surface area contributed by atoms with Crippen molar-refractivity contribution in [2.45, 2.75) is 31.8 Å². The summed E-state index contributed by atoms with van der Waals surface area (Å²) in [7, 11) is 1.57. The van der Waals surface area contributed by atoms with Crippen LogP contribution in [0.25, 0.3) is 0 Å². The highest BCUT2D eigenvalue weighted by Crippen LogP contribution is 2.56. The van der Waals surface area contributed by atoms with Crippen LogP contribution in [0.15, 0.2) is 63.8 Å². The molecule has 0 aliphatic heterocycles. The van der Waals surface area contributed by atoms with Crippen molar-refractivity contribution < 1.29 is 9.47 Å². The monoisotopic (exact) mass is 548 g/mol. The van der Waals surface area contributed by atoms with Crippen molar-refractivity contribution >= 4 is 27.5 Å². The fourth-order valence-electron chi connectivity index (χ4n) is 5.10. The average molecular weight is 550 g/mol. The van der Waals surface area contributed by atoms with Crippen LogP contribution in [0, 0.1) is 45.3 Å². The van der Waals surface area contributed by atoms with Crippen LogP contribution in [-0.2, 0) is 6.61 Å². The molecule has 0 heterocycles. The van der Waals surface area contributed by atoms with Crippen molar-refractivity contribution in [3.63, 3.8) is 0 Å². The van der Waals surface area contributed by atoms with Gasteiger partial charge >= 0.3 is 0 Å². The number of fused-ring (bicyclic) bond motifs is 1. The maximum absolute atomic E-state index is 10.2. The topological polar surface area (TPSA) is 116 Å². The molecule has 0 fully saturated rings. The van der Waals surface area contributed by atoms with Gasteiger partial charge in [-0.05, 0) is 66.6 Å². The van der Waals surface area contributed by atoms with Gasteiger partial charge in [-0.25, -0.2) is 0 Å². The molecule has 0 saturated carbocycles. The Kier molecular flexibility index (Phi) is 7.08. The number of nitrogens with two attached hydrogens (primary N) is 1. The highest BCUT2D eigenvalue weighted by atomic mass is 79.9. The first-order valence-electron chi connectivity index (χ1n) is 11.1. The zero-order chi connectivity index (χ0) is 25.2. The molecule has 0 bridgehead atoms. The molecule has 35 heavy (non-hydrogen) atoms. The van der Waals surface area contributed by atoms with Crippen molar-refractivity contribution in [2.75, 3.05) is 7.11 Å². The highest BCUT2D eigenvalue weighted by Gasteiger charge is 2.53. The van der Waals surface area contributed by atoms with Crippen molar-refractivity contribution in [3.8, 4) is 29.7 Å². The van der Waals surface area contributed by atoms with Crippen LogP contribution < -0.4 is 15.2 Å². The zero-order valence-corrected chi connectivity index (χ0v) is 21.4. The van der Waals surface area contributed by atoms with Gasteiger partial charge in [-0.15, -0.1) is 0 Å². The number of allylic oxidation sites excluding steroid dienone is 4. The first-order chi connectivity index (χ1) is 16.9. The first kappa shape index (κ1) is 24.7. The number of halogens is 2. The molecular formula is C27H22BrClN4O2. The molecule has 0 aromatic heterocycles. The molecule has 8 heteroatoms. The third-order valence-corrected chi connectivity index (χ3v) is 7.53. The van der Waals surface area contributed by atoms with Gasteiger partial charge in [0.2, 0.25) is 0 Å². The predicted molar refractivity (Wildman–Crippen MR) is 135 cm³/mol. The van der Waals surface area contributed by atoms with Crippen LogP contribution in [0.5, 0.6) is 11.5 Å². The van der Waals surface area contributed by atoms with E-state index < -0.39 is 11.3 Å². The molecule has 0 saturated heterocycles. The van der Waals surface area contributed by atoms with E-state index >= 15 is 0 Å². The minimum Gasteiger partial charge on any atom is -0.496 e. The van der Waals surface area contributed by atoms with E-state index in [-0.39, 0.29) is 23.8 Å². The smallest absolute Gasteiger partial charge is 0.191 e. The number of nitriles is 3. The number of nitrogens with zero attached hydrogens (tertiary/aromatic N) is 3. The Morgan fingerprint density at radius 1 is 1.14 bits per heavy atom. The average Bonchev–Trinajstić information content (AvgIpc) is 2.87. The first-order valence-corrected chi connectivity index (χ1v) is 12.2. The number of methoxy groups -OCH3 is 1. The van der Waals surface area contributed by atoms with Gasteiger partial charge in [0.1, 0.15) is 24.2 Å². The summed E-state index contributed by atoms with van der Waals surface area (Å²) >= 11 is 9.69. The second kappa shape index (κ2) is 10.0. The fourth-order valence-corrected chi connectivity index (χ4v) is 5.83. The molecule has 0 radical (unpaired) electrons. The molecular weight excluding hydrogens is 528 g/mol. The van der Waals surface area contributed by atoms with Gasteiger partial charge in [-0.2, -0.15) is 15.8 Å². The molecule has 2 aromatic carbocycles. The van der Waals surface area contributed by atoms with Crippen molar-refractivity contribution in [1.82, 2.24) is 0 Å². The van der Waals surface area contributed by atoms with E-state index in [1.807, 2.05) is 30.3 Å². The molecule has 2 aromatic rings. The maximum Gasteiger partial charge on any atom is 0.191 e. The second-order valence-electron chi connectivity index (χ2n) is 8.54. The number of hydrogen-bond donors (Lipinski definition) is 1. The Morgan fingerprint density at radius 3 is 2.54 bits per heavy atom. The lowest BCUT2D eigenvalue weighted by atomic mass is 9.56. The van der Waals surface area contributed by atoms with Crippen LogP contribution in [0.4, 0.5) is 0 Å². The Hall–Kier alpha value is -3.44. The number of benzene rings is 2. The van der Waals surface area contributed by atoms with E-state index in [0.29, 0.717) is 16.5 Å². The second-order valence-corrected chi connectivity index (χ2v) is 9.86. The minimum atomic E-state index is -1.66. The van der Waals surface area contributed by atoms with Gasteiger partial charge in [0, 0.05) is 16.0 Å². The van der Waals surface area contributed by atoms with Crippen LogP contribution in [0.1, 0.15) is 36.3 Å². The van der Waals surface area contributed by atoms with Crippen molar-refractivity contribution in [1.29, 1.82) is 15.8 Å². The summed E-state index contributed by atoms with van der Waals surface area (Å²) < 4.78 is 12.4. The van der Waals surface area contributed by atoms with Crippen molar-refractivity contribution in [2.24, 2.45) is 17.1 Å². The predicted octanol–water partition coefficient (Wildman–Crippen LogP) is 6.28. The normalized spacial score (nSPS) is 20.5. The lowest BCUT2D eigenvalue weighted by Gasteiger charge is -2.43. The lowest BCUT2D eigenvalue weighted by Crippen LogP contribution is -2.42. The fraction of sp³-hybridized carbons (Fsp3) is 0.296. The zero-order valence-electron chi connectivity index (χ0n) is 19.0. The molecule has 4 rings (SSSR count). The number of ether oxygens (including phenoxy) is 2. The number of rotatable bonds is 5. The van der Waals surface area contributed by atoms with Crippen molar-refractivity contribution in [3.05, 3.63) is 79.9 Å². The van der Waals surface area contributed by atoms with E-state index in [0.717, 1.165) is 40.4 Å². The lowest BCUT2D eigenvalue weighted by molar-refractivity contribution is 0.294. The standard InChI is InChI=1S/C27H22BrClN4O2/c1-34-23-8-6-16(10-17(23)13-35-24-9-7-18(28)11-22(24)29)25-20-5-3-2-4-19(20)21(12-30)26(33)27(25,14-31)15-32/h4,6-11,20,25H,2-3,5,13,33H2,1H3/t20-,25+/m0/s1. The summed E-state index contributed by atoms with van der Waals surface area (Å²) in [6, 6.07) is 17.4. The van der Waals surface area contributed by atoms with Crippen LogP contribution in [-0.4, -0.2) is 7.11 Å². The van der Waals surface area contributed by atoms with E-state index in [1.165, 1.54) is 0 Å². The van der Waals surface area contributed by atoms with Crippen LogP contribution in [0.3, 0.4) is 0 Å². The Balaban J connectivity index is 1.81. The quantitative estimate of drug-likeness (QED) is 0.469. The molecule has 2 aliphatic carbocycles. The van der Waals surface area contributed by atoms with Gasteiger partial charge in [0.15, 0.2) is 5.41 Å². The van der Waals surface area contributed by atoms with E-state index in [1.54, 1.807) is 19.2 Å². The van der Waals surface area contributed by atoms with E-state index in [9.17, 15) is 15.8 Å². The summed E-state index contributed by atoms with van der Waals surface area (Å²) in [5.74, 6) is 0.417. The SMILES string of the molecule is COc1ccc([C@@H]2[C@H]3CCCC=C3C(C#N)=C(N)C2(C#N)C#N)cc1COc1ccc(Br)cc1Cl. The molecule has 2 aliphatic rings. The summed E-state index contributed by atoms with van der Waals surface area (Å²) in [5, 5.41) is 30.8. The van der Waals surface area contributed by atoms with Gasteiger partial charge in [-0.3, -0.25) is 0 Å². The summed E-state index contributed by atoms with van der Waals surface area (Å²) in [6.07, 6.45) is 4.52. The largest absolute Gasteiger partial charge is 0.496 e. The summed E-state index contributed by atoms with van der Waals surface area (Å²) in [5.41, 5.74) is 7.35. The third kappa shape index (κ3) is 4.25. The molecule has 6 nitrogen and oxygen atoms in total. The molecule has 176 valence electrons. The molecule has 2 N–H and O–H groups in total. The summed E-state index contributed by atoms with van der Waals surface area (Å²) in [6.45, 7) is 0.166. The Morgan fingerprint density at radius 2 is 1.89 bits per heavy atom.